The molecule has 3 aromatic heterocycles. The summed E-state index contributed by atoms with van der Waals surface area (Å²) in [6.45, 7) is 4.77. The summed E-state index contributed by atoms with van der Waals surface area (Å²) in [5, 5.41) is 8.33. The summed E-state index contributed by atoms with van der Waals surface area (Å²) in [6.07, 6.45) is 1.64. The minimum Gasteiger partial charge on any atom is -0.462 e. The summed E-state index contributed by atoms with van der Waals surface area (Å²) in [4.78, 5) is 12.4. The molecule has 1 unspecified atom stereocenters. The van der Waals surface area contributed by atoms with E-state index in [0.717, 1.165) is 41.0 Å². The molecule has 0 radical (unpaired) electrons. The predicted molar refractivity (Wildman–Crippen MR) is 93.3 cm³/mol. The van der Waals surface area contributed by atoms with Gasteiger partial charge in [-0.25, -0.2) is 4.98 Å². The maximum Gasteiger partial charge on any atom is 0.277 e. The molecular weight excluding hydrogens is 350 g/mol. The van der Waals surface area contributed by atoms with Crippen LogP contribution in [0.2, 0.25) is 0 Å². The quantitative estimate of drug-likeness (QED) is 0.762. The second kappa shape index (κ2) is 7.02. The summed E-state index contributed by atoms with van der Waals surface area (Å²) in [5.74, 6) is 1.91. The van der Waals surface area contributed by atoms with E-state index in [2.05, 4.69) is 32.4 Å². The van der Waals surface area contributed by atoms with Crippen molar-refractivity contribution < 1.29 is 8.94 Å². The molecule has 0 saturated carbocycles. The first-order valence-corrected chi connectivity index (χ1v) is 8.30. The normalized spacial score (nSPS) is 18.5. The zero-order chi connectivity index (χ0) is 15.8. The van der Waals surface area contributed by atoms with Gasteiger partial charge < -0.3 is 14.3 Å². The first-order chi connectivity index (χ1) is 11.2. The first kappa shape index (κ1) is 17.1. The van der Waals surface area contributed by atoms with Gasteiger partial charge in [0.25, 0.3) is 5.89 Å². The van der Waals surface area contributed by atoms with Gasteiger partial charge in [-0.1, -0.05) is 5.16 Å². The fourth-order valence-corrected chi connectivity index (χ4v) is 3.53. The van der Waals surface area contributed by atoms with Gasteiger partial charge in [-0.3, -0.25) is 4.90 Å². The number of piperazine rings is 1. The van der Waals surface area contributed by atoms with Crippen LogP contribution in [0, 0.1) is 6.92 Å². The van der Waals surface area contributed by atoms with Gasteiger partial charge in [0.05, 0.1) is 12.3 Å². The average molecular weight is 368 g/mol. The van der Waals surface area contributed by atoms with Gasteiger partial charge in [0.2, 0.25) is 0 Å². The summed E-state index contributed by atoms with van der Waals surface area (Å²) in [7, 11) is 2.07. The van der Waals surface area contributed by atoms with Gasteiger partial charge in [0.15, 0.2) is 16.6 Å². The fourth-order valence-electron chi connectivity index (χ4n) is 2.66. The largest absolute Gasteiger partial charge is 0.462 e. The Hall–Kier alpha value is -1.74. The van der Waals surface area contributed by atoms with Crippen LogP contribution in [0.15, 0.2) is 27.3 Å². The molecule has 0 aliphatic carbocycles. The summed E-state index contributed by atoms with van der Waals surface area (Å²) < 4.78 is 10.9. The number of aryl methyl sites for hydroxylation is 1. The number of rotatable bonds is 3. The van der Waals surface area contributed by atoms with Crippen molar-refractivity contribution >= 4 is 23.7 Å². The Morgan fingerprint density at radius 3 is 3.00 bits per heavy atom. The number of nitrogens with zero attached hydrogens (tertiary/aromatic N) is 4. The van der Waals surface area contributed by atoms with Crippen LogP contribution in [0.5, 0.6) is 0 Å². The van der Waals surface area contributed by atoms with E-state index >= 15 is 0 Å². The number of halogens is 1. The maximum atomic E-state index is 5.46. The zero-order valence-corrected chi connectivity index (χ0v) is 15.0. The molecule has 128 valence electrons. The van der Waals surface area contributed by atoms with Crippen molar-refractivity contribution in [3.63, 3.8) is 0 Å². The smallest absolute Gasteiger partial charge is 0.277 e. The Kier molecular flexibility index (Phi) is 5.00. The first-order valence-electron chi connectivity index (χ1n) is 7.48. The van der Waals surface area contributed by atoms with Gasteiger partial charge >= 0.3 is 0 Å². The molecule has 1 saturated heterocycles. The van der Waals surface area contributed by atoms with Crippen LogP contribution < -0.4 is 5.32 Å². The zero-order valence-electron chi connectivity index (χ0n) is 13.4. The van der Waals surface area contributed by atoms with Crippen LogP contribution in [0.1, 0.15) is 16.7 Å². The summed E-state index contributed by atoms with van der Waals surface area (Å²) in [5.41, 5.74) is 0.728. The van der Waals surface area contributed by atoms with Gasteiger partial charge in [-0.15, -0.1) is 23.7 Å². The molecule has 4 heterocycles. The van der Waals surface area contributed by atoms with E-state index in [9.17, 15) is 0 Å². The van der Waals surface area contributed by atoms with Gasteiger partial charge in [-0.05, 0) is 26.1 Å². The van der Waals surface area contributed by atoms with Gasteiger partial charge in [-0.2, -0.15) is 4.98 Å². The molecule has 0 amide bonds. The minimum absolute atomic E-state index is 0. The van der Waals surface area contributed by atoms with E-state index in [1.807, 2.05) is 19.1 Å². The van der Waals surface area contributed by atoms with Crippen molar-refractivity contribution in [2.24, 2.45) is 0 Å². The van der Waals surface area contributed by atoms with Gasteiger partial charge in [0.1, 0.15) is 5.69 Å². The molecule has 9 heteroatoms. The van der Waals surface area contributed by atoms with Crippen molar-refractivity contribution in [3.8, 4) is 22.4 Å². The second-order valence-electron chi connectivity index (χ2n) is 5.56. The molecular formula is C15H18ClN5O2S. The van der Waals surface area contributed by atoms with Crippen LogP contribution in [0.3, 0.4) is 0 Å². The average Bonchev–Trinajstić information content (AvgIpc) is 3.27. The third-order valence-corrected chi connectivity index (χ3v) is 4.97. The topological polar surface area (TPSA) is 80.2 Å². The van der Waals surface area contributed by atoms with Crippen molar-refractivity contribution in [1.82, 2.24) is 25.3 Å². The highest BCUT2D eigenvalue weighted by molar-refractivity contribution is 7.15. The number of thiazole rings is 1. The molecule has 0 bridgehead atoms. The third kappa shape index (κ3) is 3.10. The fraction of sp³-hybridized carbons (Fsp3) is 0.400. The van der Waals surface area contributed by atoms with Crippen LogP contribution in [-0.4, -0.2) is 46.7 Å². The molecule has 0 aromatic carbocycles. The lowest BCUT2D eigenvalue weighted by Gasteiger charge is -2.30. The molecule has 1 N–H and O–H groups in total. The van der Waals surface area contributed by atoms with E-state index in [1.165, 1.54) is 0 Å². The number of hydrogen-bond acceptors (Lipinski definition) is 8. The Balaban J connectivity index is 0.00000169. The molecule has 1 aliphatic rings. The standard InChI is InChI=1S/C15H17N5O2S.ClH/c1-9-12(17-15(23-9)11-4-3-7-21-11)14-18-13(19-22-14)10-8-16-5-6-20(10)2;/h3-4,7,10,16H,5-6,8H2,1-2H3;1H. The molecule has 7 nitrogen and oxygen atoms in total. The summed E-state index contributed by atoms with van der Waals surface area (Å²) >= 11 is 1.56. The Labute approximate surface area is 149 Å². The molecule has 24 heavy (non-hydrogen) atoms. The highest BCUT2D eigenvalue weighted by Gasteiger charge is 2.26. The Bertz CT molecular complexity index is 801. The van der Waals surface area contributed by atoms with Crippen LogP contribution in [0.4, 0.5) is 0 Å². The minimum atomic E-state index is 0. The van der Waals surface area contributed by atoms with Crippen molar-refractivity contribution in [1.29, 1.82) is 0 Å². The van der Waals surface area contributed by atoms with Gasteiger partial charge in [0, 0.05) is 24.5 Å². The SMILES string of the molecule is Cc1sc(-c2ccco2)nc1-c1nc(C2CNCCN2C)no1.Cl. The lowest BCUT2D eigenvalue weighted by atomic mass is 10.2. The Morgan fingerprint density at radius 1 is 1.38 bits per heavy atom. The monoisotopic (exact) mass is 367 g/mol. The molecule has 3 aromatic rings. The van der Waals surface area contributed by atoms with E-state index in [1.54, 1.807) is 17.6 Å². The second-order valence-corrected chi connectivity index (χ2v) is 6.76. The van der Waals surface area contributed by atoms with E-state index < -0.39 is 0 Å². The maximum absolute atomic E-state index is 5.46. The number of hydrogen-bond donors (Lipinski definition) is 1. The molecule has 1 fully saturated rings. The molecule has 0 spiro atoms. The number of likely N-dealkylation sites (N-methyl/N-ethyl adjacent to an activating group) is 1. The molecule has 1 atom stereocenters. The third-order valence-electron chi connectivity index (χ3n) is 3.98. The van der Waals surface area contributed by atoms with E-state index in [-0.39, 0.29) is 18.4 Å². The number of aromatic nitrogens is 3. The van der Waals surface area contributed by atoms with Crippen molar-refractivity contribution in [2.45, 2.75) is 13.0 Å². The van der Waals surface area contributed by atoms with E-state index in [4.69, 9.17) is 8.94 Å². The van der Waals surface area contributed by atoms with Crippen LogP contribution in [-0.2, 0) is 0 Å². The highest BCUT2D eigenvalue weighted by Crippen LogP contribution is 2.33. The van der Waals surface area contributed by atoms with E-state index in [0.29, 0.717) is 11.7 Å². The van der Waals surface area contributed by atoms with Crippen molar-refractivity contribution in [3.05, 3.63) is 29.1 Å². The Morgan fingerprint density at radius 2 is 2.25 bits per heavy atom. The number of furan rings is 1. The van der Waals surface area contributed by atoms with Crippen molar-refractivity contribution in [2.75, 3.05) is 26.7 Å². The van der Waals surface area contributed by atoms with Crippen LogP contribution in [0.25, 0.3) is 22.4 Å². The lowest BCUT2D eigenvalue weighted by molar-refractivity contribution is 0.190. The van der Waals surface area contributed by atoms with Crippen LogP contribution >= 0.6 is 23.7 Å². The summed E-state index contributed by atoms with van der Waals surface area (Å²) in [6, 6.07) is 3.87. The number of nitrogens with one attached hydrogen (secondary N) is 1. The molecule has 1 aliphatic heterocycles. The molecule has 4 rings (SSSR count). The highest BCUT2D eigenvalue weighted by atomic mass is 35.5. The lowest BCUT2D eigenvalue weighted by Crippen LogP contribution is -2.44. The predicted octanol–water partition coefficient (Wildman–Crippen LogP) is 2.76.